The number of nitrogens with zero attached hydrogens (tertiary/aromatic N) is 2. The van der Waals surface area contributed by atoms with E-state index in [1.54, 1.807) is 0 Å². The van der Waals surface area contributed by atoms with Crippen LogP contribution < -0.4 is 9.80 Å². The quantitative estimate of drug-likeness (QED) is 0.830. The van der Waals surface area contributed by atoms with E-state index in [2.05, 4.69) is 36.1 Å². The maximum Gasteiger partial charge on any atom is 0.226 e. The van der Waals surface area contributed by atoms with Crippen LogP contribution in [0.5, 0.6) is 0 Å². The van der Waals surface area contributed by atoms with Crippen LogP contribution in [-0.2, 0) is 9.53 Å². The Morgan fingerprint density at radius 3 is 2.55 bits per heavy atom. The van der Waals surface area contributed by atoms with Crippen molar-refractivity contribution in [1.29, 1.82) is 0 Å². The second kappa shape index (κ2) is 5.83. The van der Waals surface area contributed by atoms with E-state index in [1.165, 1.54) is 5.69 Å². The molecule has 4 nitrogen and oxygen atoms in total. The highest BCUT2D eigenvalue weighted by Crippen LogP contribution is 2.26. The number of hydrogen-bond acceptors (Lipinski definition) is 3. The molecule has 0 saturated carbocycles. The predicted molar refractivity (Wildman–Crippen MR) is 80.3 cm³/mol. The van der Waals surface area contributed by atoms with E-state index in [0.717, 1.165) is 44.8 Å². The SMILES string of the molecule is C[C@H]1COCCN1c1ccc(N2CCCCC2=O)cc1. The summed E-state index contributed by atoms with van der Waals surface area (Å²) in [6, 6.07) is 8.80. The van der Waals surface area contributed by atoms with E-state index < -0.39 is 0 Å². The molecule has 1 aromatic carbocycles. The molecule has 2 aliphatic heterocycles. The number of carbonyl (C=O) groups is 1. The summed E-state index contributed by atoms with van der Waals surface area (Å²) < 4.78 is 5.47. The summed E-state index contributed by atoms with van der Waals surface area (Å²) in [4.78, 5) is 16.2. The van der Waals surface area contributed by atoms with Gasteiger partial charge in [-0.2, -0.15) is 0 Å². The molecule has 2 aliphatic rings. The van der Waals surface area contributed by atoms with Crippen LogP contribution in [0, 0.1) is 0 Å². The zero-order valence-corrected chi connectivity index (χ0v) is 12.0. The van der Waals surface area contributed by atoms with Crippen LogP contribution >= 0.6 is 0 Å². The molecule has 4 heteroatoms. The van der Waals surface area contributed by atoms with Gasteiger partial charge in [0, 0.05) is 36.9 Å². The first-order valence-corrected chi connectivity index (χ1v) is 7.50. The van der Waals surface area contributed by atoms with Crippen LogP contribution in [-0.4, -0.2) is 38.3 Å². The highest BCUT2D eigenvalue weighted by molar-refractivity contribution is 5.94. The molecule has 1 atom stereocenters. The fraction of sp³-hybridized carbons (Fsp3) is 0.562. The summed E-state index contributed by atoms with van der Waals surface area (Å²) in [5, 5.41) is 0. The van der Waals surface area contributed by atoms with Gasteiger partial charge in [-0.1, -0.05) is 0 Å². The van der Waals surface area contributed by atoms with Crippen molar-refractivity contribution in [1.82, 2.24) is 0 Å². The van der Waals surface area contributed by atoms with E-state index in [4.69, 9.17) is 4.74 Å². The van der Waals surface area contributed by atoms with Crippen LogP contribution in [0.3, 0.4) is 0 Å². The maximum atomic E-state index is 11.9. The number of ether oxygens (including phenoxy) is 1. The van der Waals surface area contributed by atoms with Gasteiger partial charge in [0.05, 0.1) is 13.2 Å². The van der Waals surface area contributed by atoms with Gasteiger partial charge in [-0.25, -0.2) is 0 Å². The summed E-state index contributed by atoms with van der Waals surface area (Å²) in [6.07, 6.45) is 2.81. The Hall–Kier alpha value is -1.55. The molecule has 0 bridgehead atoms. The third-order valence-electron chi connectivity index (χ3n) is 4.18. The fourth-order valence-electron chi connectivity index (χ4n) is 3.01. The van der Waals surface area contributed by atoms with E-state index in [1.807, 2.05) is 4.90 Å². The zero-order valence-electron chi connectivity index (χ0n) is 12.0. The van der Waals surface area contributed by atoms with Gasteiger partial charge in [-0.3, -0.25) is 4.79 Å². The van der Waals surface area contributed by atoms with Crippen molar-refractivity contribution in [2.24, 2.45) is 0 Å². The van der Waals surface area contributed by atoms with Gasteiger partial charge in [-0.15, -0.1) is 0 Å². The number of morpholine rings is 1. The lowest BCUT2D eigenvalue weighted by Crippen LogP contribution is -2.43. The van der Waals surface area contributed by atoms with Gasteiger partial charge in [0.2, 0.25) is 5.91 Å². The van der Waals surface area contributed by atoms with E-state index >= 15 is 0 Å². The topological polar surface area (TPSA) is 32.8 Å². The number of hydrogen-bond donors (Lipinski definition) is 0. The molecular weight excluding hydrogens is 252 g/mol. The van der Waals surface area contributed by atoms with Crippen molar-refractivity contribution < 1.29 is 9.53 Å². The number of piperidine rings is 1. The summed E-state index contributed by atoms with van der Waals surface area (Å²) in [5.41, 5.74) is 2.24. The van der Waals surface area contributed by atoms with Crippen molar-refractivity contribution >= 4 is 17.3 Å². The van der Waals surface area contributed by atoms with E-state index in [-0.39, 0.29) is 5.91 Å². The minimum absolute atomic E-state index is 0.253. The Kier molecular flexibility index (Phi) is 3.92. The molecule has 2 fully saturated rings. The first-order chi connectivity index (χ1) is 9.75. The summed E-state index contributed by atoms with van der Waals surface area (Å²) in [6.45, 7) is 5.54. The standard InChI is InChI=1S/C16H22N2O2/c1-13-12-20-11-10-17(13)14-5-7-15(8-6-14)18-9-3-2-4-16(18)19/h5-8,13H,2-4,9-12H2,1H3/t13-/m0/s1. The second-order valence-electron chi connectivity index (χ2n) is 5.64. The summed E-state index contributed by atoms with van der Waals surface area (Å²) in [7, 11) is 0. The third-order valence-corrected chi connectivity index (χ3v) is 4.18. The molecule has 20 heavy (non-hydrogen) atoms. The van der Waals surface area contributed by atoms with Gasteiger partial charge in [0.25, 0.3) is 0 Å². The minimum atomic E-state index is 0.253. The zero-order chi connectivity index (χ0) is 13.9. The van der Waals surface area contributed by atoms with E-state index in [9.17, 15) is 4.79 Å². The van der Waals surface area contributed by atoms with Crippen molar-refractivity contribution in [3.63, 3.8) is 0 Å². The molecule has 108 valence electrons. The average molecular weight is 274 g/mol. The van der Waals surface area contributed by atoms with E-state index in [0.29, 0.717) is 12.5 Å². The number of rotatable bonds is 2. The van der Waals surface area contributed by atoms with Gasteiger partial charge in [0.1, 0.15) is 0 Å². The van der Waals surface area contributed by atoms with Crippen molar-refractivity contribution in [2.45, 2.75) is 32.2 Å². The highest BCUT2D eigenvalue weighted by atomic mass is 16.5. The lowest BCUT2D eigenvalue weighted by Gasteiger charge is -2.35. The van der Waals surface area contributed by atoms with Gasteiger partial charge in [-0.05, 0) is 44.0 Å². The van der Waals surface area contributed by atoms with Crippen LogP contribution in [0.2, 0.25) is 0 Å². The first-order valence-electron chi connectivity index (χ1n) is 7.50. The van der Waals surface area contributed by atoms with Crippen LogP contribution in [0.25, 0.3) is 0 Å². The number of amides is 1. The van der Waals surface area contributed by atoms with Gasteiger partial charge < -0.3 is 14.5 Å². The minimum Gasteiger partial charge on any atom is -0.377 e. The fourth-order valence-corrected chi connectivity index (χ4v) is 3.01. The van der Waals surface area contributed by atoms with Crippen molar-refractivity contribution in [3.8, 4) is 0 Å². The highest BCUT2D eigenvalue weighted by Gasteiger charge is 2.21. The van der Waals surface area contributed by atoms with Gasteiger partial charge in [0.15, 0.2) is 0 Å². The molecule has 0 aliphatic carbocycles. The second-order valence-corrected chi connectivity index (χ2v) is 5.64. The molecule has 1 aromatic rings. The number of benzene rings is 1. The van der Waals surface area contributed by atoms with Crippen molar-refractivity contribution in [2.75, 3.05) is 36.1 Å². The maximum absolute atomic E-state index is 11.9. The molecule has 3 rings (SSSR count). The average Bonchev–Trinajstić information content (AvgIpc) is 2.49. The smallest absolute Gasteiger partial charge is 0.226 e. The predicted octanol–water partition coefficient (Wildman–Crippen LogP) is 2.43. The molecule has 0 radical (unpaired) electrons. The normalized spacial score (nSPS) is 24.1. The van der Waals surface area contributed by atoms with Gasteiger partial charge >= 0.3 is 0 Å². The third kappa shape index (κ3) is 2.66. The molecule has 2 saturated heterocycles. The van der Waals surface area contributed by atoms with Crippen LogP contribution in [0.4, 0.5) is 11.4 Å². The lowest BCUT2D eigenvalue weighted by atomic mass is 10.1. The number of carbonyl (C=O) groups excluding carboxylic acids is 1. The monoisotopic (exact) mass is 274 g/mol. The Labute approximate surface area is 120 Å². The molecule has 0 unspecified atom stereocenters. The largest absolute Gasteiger partial charge is 0.377 e. The lowest BCUT2D eigenvalue weighted by molar-refractivity contribution is -0.119. The first kappa shape index (κ1) is 13.4. The Morgan fingerprint density at radius 2 is 1.85 bits per heavy atom. The molecule has 2 heterocycles. The van der Waals surface area contributed by atoms with Crippen LogP contribution in [0.1, 0.15) is 26.2 Å². The Bertz CT molecular complexity index is 472. The summed E-state index contributed by atoms with van der Waals surface area (Å²) >= 11 is 0. The molecule has 0 spiro atoms. The van der Waals surface area contributed by atoms with Crippen molar-refractivity contribution in [3.05, 3.63) is 24.3 Å². The molecule has 0 N–H and O–H groups in total. The Balaban J connectivity index is 1.75. The molecular formula is C16H22N2O2. The van der Waals surface area contributed by atoms with Crippen LogP contribution in [0.15, 0.2) is 24.3 Å². The molecule has 0 aromatic heterocycles. The molecule has 1 amide bonds. The summed E-state index contributed by atoms with van der Waals surface area (Å²) in [5.74, 6) is 0.253. The Morgan fingerprint density at radius 1 is 1.10 bits per heavy atom. The number of anilines is 2.